The molecule has 0 amide bonds. The maximum atomic E-state index is 12.3. The fourth-order valence-electron chi connectivity index (χ4n) is 4.54. The van der Waals surface area contributed by atoms with E-state index in [2.05, 4.69) is 0 Å². The van der Waals surface area contributed by atoms with Crippen LogP contribution in [0.15, 0.2) is 87.5 Å². The summed E-state index contributed by atoms with van der Waals surface area (Å²) >= 11 is 0. The van der Waals surface area contributed by atoms with Gasteiger partial charge in [-0.25, -0.2) is 22.8 Å². The number of hydrogen-bond donors (Lipinski definition) is 0. The number of ether oxygens (including phenoxy) is 6. The van der Waals surface area contributed by atoms with Gasteiger partial charge in [-0.05, 0) is 98.7 Å². The quantitative estimate of drug-likeness (QED) is 0.0472. The Bertz CT molecular complexity index is 1890. The van der Waals surface area contributed by atoms with Crippen LogP contribution >= 0.6 is 0 Å². The molecule has 0 aliphatic rings. The van der Waals surface area contributed by atoms with Crippen LogP contribution in [0.5, 0.6) is 17.2 Å². The van der Waals surface area contributed by atoms with Crippen molar-refractivity contribution in [3.63, 3.8) is 0 Å². The molecule has 340 valence electrons. The van der Waals surface area contributed by atoms with Crippen LogP contribution in [-0.4, -0.2) is 91.3 Å². The fourth-order valence-corrected chi connectivity index (χ4v) is 7.33. The van der Waals surface area contributed by atoms with E-state index in [0.717, 1.165) is 14.7 Å². The number of hydrogen-bond acceptors (Lipinski definition) is 12. The Hall–Kier alpha value is -4.76. The van der Waals surface area contributed by atoms with Crippen molar-refractivity contribution >= 4 is 38.9 Å². The van der Waals surface area contributed by atoms with E-state index in [0.29, 0.717) is 17.2 Å². The molecule has 0 unspecified atom stereocenters. The molecule has 0 aliphatic carbocycles. The Labute approximate surface area is 352 Å². The van der Waals surface area contributed by atoms with Crippen molar-refractivity contribution in [1.29, 1.82) is 0 Å². The zero-order valence-electron chi connectivity index (χ0n) is 34.6. The third-order valence-corrected chi connectivity index (χ3v) is 9.52. The molecule has 0 bridgehead atoms. The topological polar surface area (TPSA) is 164 Å². The molecule has 3 aromatic rings. The molecular formula is C40H47F7O12S2. The number of alkyl halides is 7. The van der Waals surface area contributed by atoms with Gasteiger partial charge in [0.15, 0.2) is 34.5 Å². The van der Waals surface area contributed by atoms with Crippen molar-refractivity contribution in [2.45, 2.75) is 112 Å². The summed E-state index contributed by atoms with van der Waals surface area (Å²) in [6.07, 6.45) is -6.64. The highest BCUT2D eigenvalue weighted by Gasteiger charge is 2.73. The standard InChI is InChI=1S/C36H45O9S.C4H3F7O3S/c1-34(2,3)43-31(37)22-40-25-13-10-16-28(19-25)46(29-17-11-14-26(20-29)41-23-32(38)44-35(4,5)6)30-18-12-15-27(21-30)42-24-33(39)45-36(7,8)9;5-2(6,1-15(12,13)14)3(7,8)4(9,10)11/h10-21H,22-24H2,1-9H3;1H2,(H,12,13,14)/q+1;/p-1. The van der Waals surface area contributed by atoms with E-state index in [-0.39, 0.29) is 19.8 Å². The van der Waals surface area contributed by atoms with Crippen molar-refractivity contribution in [1.82, 2.24) is 0 Å². The average molecular weight is 917 g/mol. The van der Waals surface area contributed by atoms with Crippen LogP contribution in [-0.2, 0) is 49.6 Å². The minimum Gasteiger partial charge on any atom is -0.748 e. The normalized spacial score (nSPS) is 12.8. The summed E-state index contributed by atoms with van der Waals surface area (Å²) in [4.78, 5) is 39.6. The second-order valence-corrected chi connectivity index (χ2v) is 19.3. The summed E-state index contributed by atoms with van der Waals surface area (Å²) in [6, 6.07) is 22.4. The molecule has 0 saturated heterocycles. The molecule has 0 aromatic heterocycles. The third kappa shape index (κ3) is 18.8. The smallest absolute Gasteiger partial charge is 0.459 e. The van der Waals surface area contributed by atoms with Gasteiger partial charge < -0.3 is 33.0 Å². The Morgan fingerprint density at radius 1 is 0.541 bits per heavy atom. The summed E-state index contributed by atoms with van der Waals surface area (Å²) in [7, 11) is -6.63. The first-order valence-corrected chi connectivity index (χ1v) is 20.7. The molecule has 21 heteroatoms. The van der Waals surface area contributed by atoms with Gasteiger partial charge in [0.05, 0.1) is 10.9 Å². The molecule has 0 spiro atoms. The number of benzene rings is 3. The number of carbonyl (C=O) groups excluding carboxylic acids is 3. The van der Waals surface area contributed by atoms with Crippen molar-refractivity contribution in [3.8, 4) is 17.2 Å². The molecule has 0 heterocycles. The van der Waals surface area contributed by atoms with Crippen LogP contribution in [0, 0.1) is 0 Å². The summed E-state index contributed by atoms with van der Waals surface area (Å²) in [5, 5.41) is 0. The zero-order valence-corrected chi connectivity index (χ0v) is 36.3. The van der Waals surface area contributed by atoms with Gasteiger partial charge >= 0.3 is 35.9 Å². The van der Waals surface area contributed by atoms with Gasteiger partial charge in [0.2, 0.25) is 0 Å². The van der Waals surface area contributed by atoms with Gasteiger partial charge in [-0.2, -0.15) is 30.7 Å². The van der Waals surface area contributed by atoms with Gasteiger partial charge in [-0.15, -0.1) is 0 Å². The van der Waals surface area contributed by atoms with E-state index in [4.69, 9.17) is 28.4 Å². The lowest BCUT2D eigenvalue weighted by Crippen LogP contribution is -2.55. The molecule has 0 radical (unpaired) electrons. The minimum atomic E-state index is -6.64. The molecule has 0 aliphatic heterocycles. The molecule has 0 saturated carbocycles. The number of halogens is 7. The molecule has 3 aromatic carbocycles. The number of carbonyl (C=O) groups is 3. The monoisotopic (exact) mass is 916 g/mol. The molecular weight excluding hydrogens is 870 g/mol. The Balaban J connectivity index is 0.000000724. The molecule has 0 N–H and O–H groups in total. The maximum absolute atomic E-state index is 12.3. The van der Waals surface area contributed by atoms with Crippen LogP contribution in [0.1, 0.15) is 62.3 Å². The fraction of sp³-hybridized carbons (Fsp3) is 0.475. The van der Waals surface area contributed by atoms with E-state index in [1.165, 1.54) is 0 Å². The van der Waals surface area contributed by atoms with Crippen molar-refractivity contribution in [2.24, 2.45) is 0 Å². The van der Waals surface area contributed by atoms with Crippen molar-refractivity contribution in [3.05, 3.63) is 72.8 Å². The second-order valence-electron chi connectivity index (χ2n) is 15.8. The van der Waals surface area contributed by atoms with Gasteiger partial charge in [0.1, 0.15) is 49.9 Å². The second kappa shape index (κ2) is 20.4. The average Bonchev–Trinajstić information content (AvgIpc) is 3.06. The van der Waals surface area contributed by atoms with Crippen LogP contribution in [0.25, 0.3) is 0 Å². The van der Waals surface area contributed by atoms with E-state index in [1.807, 2.05) is 54.6 Å². The van der Waals surface area contributed by atoms with Gasteiger partial charge in [-0.1, -0.05) is 18.2 Å². The van der Waals surface area contributed by atoms with E-state index >= 15 is 0 Å². The first kappa shape index (κ1) is 52.4. The highest BCUT2D eigenvalue weighted by molar-refractivity contribution is 7.97. The summed E-state index contributed by atoms with van der Waals surface area (Å²) < 4.78 is 145. The van der Waals surface area contributed by atoms with Crippen molar-refractivity contribution < 1.29 is 86.5 Å². The van der Waals surface area contributed by atoms with Crippen molar-refractivity contribution in [2.75, 3.05) is 25.6 Å². The van der Waals surface area contributed by atoms with Gasteiger partial charge in [0.25, 0.3) is 0 Å². The molecule has 12 nitrogen and oxygen atoms in total. The van der Waals surface area contributed by atoms with E-state index < -0.39 is 79.5 Å². The highest BCUT2D eigenvalue weighted by atomic mass is 32.2. The lowest BCUT2D eigenvalue weighted by atomic mass is 10.2. The first-order valence-electron chi connectivity index (χ1n) is 17.9. The predicted octanol–water partition coefficient (Wildman–Crippen LogP) is 8.31. The Kier molecular flexibility index (Phi) is 17.5. The summed E-state index contributed by atoms with van der Waals surface area (Å²) in [6.45, 7) is 15.5. The molecule has 0 fully saturated rings. The van der Waals surface area contributed by atoms with Gasteiger partial charge in [0, 0.05) is 18.2 Å². The third-order valence-electron chi connectivity index (χ3n) is 6.63. The summed E-state index contributed by atoms with van der Waals surface area (Å²) in [5.74, 6) is -15.6. The van der Waals surface area contributed by atoms with Crippen LogP contribution in [0.4, 0.5) is 30.7 Å². The van der Waals surface area contributed by atoms with Crippen LogP contribution in [0.3, 0.4) is 0 Å². The van der Waals surface area contributed by atoms with E-state index in [9.17, 15) is 58.1 Å². The Morgan fingerprint density at radius 2 is 0.820 bits per heavy atom. The minimum absolute atomic E-state index is 0.240. The summed E-state index contributed by atoms with van der Waals surface area (Å²) in [5.41, 5.74) is -1.87. The predicted molar refractivity (Wildman–Crippen MR) is 206 cm³/mol. The maximum Gasteiger partial charge on any atom is 0.459 e. The zero-order chi connectivity index (χ0) is 46.8. The number of esters is 3. The number of rotatable bonds is 15. The van der Waals surface area contributed by atoms with Crippen LogP contribution < -0.4 is 14.2 Å². The SMILES string of the molecule is CC(C)(C)OC(=O)COc1cccc([S+](c2cccc(OCC(=O)OC(C)(C)C)c2)c2cccc(OCC(=O)OC(C)(C)C)c2)c1.O=S(=O)([O-])CC(F)(F)C(F)(F)C(F)(F)F. The first-order chi connectivity index (χ1) is 27.6. The van der Waals surface area contributed by atoms with Crippen LogP contribution in [0.2, 0.25) is 0 Å². The molecule has 0 atom stereocenters. The highest BCUT2D eigenvalue weighted by Crippen LogP contribution is 2.47. The molecule has 61 heavy (non-hydrogen) atoms. The van der Waals surface area contributed by atoms with Gasteiger partial charge in [-0.3, -0.25) is 0 Å². The lowest BCUT2D eigenvalue weighted by Gasteiger charge is -2.28. The van der Waals surface area contributed by atoms with E-state index in [1.54, 1.807) is 80.5 Å². The Morgan fingerprint density at radius 3 is 1.05 bits per heavy atom. The molecule has 3 rings (SSSR count). The largest absolute Gasteiger partial charge is 0.748 e. The lowest BCUT2D eigenvalue weighted by molar-refractivity contribution is -0.348.